The Morgan fingerprint density at radius 2 is 1.81 bits per heavy atom. The van der Waals surface area contributed by atoms with Gasteiger partial charge in [-0.15, -0.1) is 11.6 Å². The lowest BCUT2D eigenvalue weighted by atomic mass is 10.2. The van der Waals surface area contributed by atoms with E-state index in [2.05, 4.69) is 11.8 Å². The first-order valence-corrected chi connectivity index (χ1v) is 6.54. The second-order valence-electron chi connectivity index (χ2n) is 4.11. The van der Waals surface area contributed by atoms with Crippen molar-refractivity contribution in [2.75, 3.05) is 5.88 Å². The zero-order valence-corrected chi connectivity index (χ0v) is 11.6. The van der Waals surface area contributed by atoms with Gasteiger partial charge in [0.25, 0.3) is 0 Å². The van der Waals surface area contributed by atoms with Crippen molar-refractivity contribution in [3.63, 3.8) is 0 Å². The van der Waals surface area contributed by atoms with Gasteiger partial charge in [-0.2, -0.15) is 0 Å². The van der Waals surface area contributed by atoms with Gasteiger partial charge >= 0.3 is 0 Å². The second kappa shape index (κ2) is 7.05. The standard InChI is InChI=1S/C16H10ClF3O/c17-7-1-2-11-3-6-14(19)16(8-11)21-10-12-4-5-13(18)9-15(12)20/h3-6,8-9H,7,10H2. The molecule has 0 spiro atoms. The summed E-state index contributed by atoms with van der Waals surface area (Å²) in [4.78, 5) is 0. The highest BCUT2D eigenvalue weighted by Crippen LogP contribution is 2.20. The number of ether oxygens (including phenoxy) is 1. The molecule has 1 nitrogen and oxygen atoms in total. The van der Waals surface area contributed by atoms with Gasteiger partial charge in [0.15, 0.2) is 11.6 Å². The quantitative estimate of drug-likeness (QED) is 0.607. The van der Waals surface area contributed by atoms with Crippen LogP contribution in [0.2, 0.25) is 0 Å². The van der Waals surface area contributed by atoms with E-state index in [1.165, 1.54) is 24.3 Å². The second-order valence-corrected chi connectivity index (χ2v) is 4.37. The summed E-state index contributed by atoms with van der Waals surface area (Å²) >= 11 is 5.44. The lowest BCUT2D eigenvalue weighted by Gasteiger charge is -2.08. The predicted molar refractivity (Wildman–Crippen MR) is 74.7 cm³/mol. The SMILES string of the molecule is Fc1ccc(COc2cc(C#CCCl)ccc2F)c(F)c1. The van der Waals surface area contributed by atoms with Crippen LogP contribution in [-0.4, -0.2) is 5.88 Å². The Bertz CT molecular complexity index is 704. The summed E-state index contributed by atoms with van der Waals surface area (Å²) in [6.45, 7) is -0.213. The fourth-order valence-electron chi connectivity index (χ4n) is 1.62. The fraction of sp³-hybridized carbons (Fsp3) is 0.125. The summed E-state index contributed by atoms with van der Waals surface area (Å²) in [6, 6.07) is 7.20. The Labute approximate surface area is 125 Å². The molecule has 0 bridgehead atoms. The maximum Gasteiger partial charge on any atom is 0.165 e. The Balaban J connectivity index is 2.15. The molecule has 0 N–H and O–H groups in total. The van der Waals surface area contributed by atoms with Crippen LogP contribution in [0.5, 0.6) is 5.75 Å². The van der Waals surface area contributed by atoms with Gasteiger partial charge in [-0.05, 0) is 30.3 Å². The zero-order valence-electron chi connectivity index (χ0n) is 10.8. The van der Waals surface area contributed by atoms with Crippen LogP contribution in [0.25, 0.3) is 0 Å². The maximum atomic E-state index is 13.6. The van der Waals surface area contributed by atoms with E-state index >= 15 is 0 Å². The first-order chi connectivity index (χ1) is 10.1. The molecule has 0 atom stereocenters. The Morgan fingerprint density at radius 3 is 2.52 bits per heavy atom. The molecular formula is C16H10ClF3O. The summed E-state index contributed by atoms with van der Waals surface area (Å²) < 4.78 is 45.1. The lowest BCUT2D eigenvalue weighted by molar-refractivity contribution is 0.284. The highest BCUT2D eigenvalue weighted by Gasteiger charge is 2.08. The van der Waals surface area contributed by atoms with Crippen molar-refractivity contribution in [3.05, 3.63) is 65.0 Å². The molecule has 0 fully saturated rings. The highest BCUT2D eigenvalue weighted by molar-refractivity contribution is 6.19. The number of alkyl halides is 1. The Hall–Kier alpha value is -2.12. The van der Waals surface area contributed by atoms with Crippen molar-refractivity contribution in [3.8, 4) is 17.6 Å². The molecule has 0 aliphatic heterocycles. The molecule has 0 radical (unpaired) electrons. The highest BCUT2D eigenvalue weighted by atomic mass is 35.5. The topological polar surface area (TPSA) is 9.23 Å². The van der Waals surface area contributed by atoms with Crippen molar-refractivity contribution < 1.29 is 17.9 Å². The summed E-state index contributed by atoms with van der Waals surface area (Å²) in [5.41, 5.74) is 0.666. The van der Waals surface area contributed by atoms with Gasteiger partial charge in [-0.1, -0.05) is 11.8 Å². The first-order valence-electron chi connectivity index (χ1n) is 6.01. The molecule has 0 heterocycles. The smallest absolute Gasteiger partial charge is 0.165 e. The van der Waals surface area contributed by atoms with Gasteiger partial charge in [0.05, 0.1) is 5.88 Å². The molecule has 0 aromatic heterocycles. The molecule has 0 aliphatic rings. The molecule has 0 aliphatic carbocycles. The molecule has 2 rings (SSSR count). The van der Waals surface area contributed by atoms with Crippen LogP contribution in [0.1, 0.15) is 11.1 Å². The van der Waals surface area contributed by atoms with Crippen LogP contribution >= 0.6 is 11.6 Å². The van der Waals surface area contributed by atoms with Crippen LogP contribution < -0.4 is 4.74 Å². The van der Waals surface area contributed by atoms with Crippen molar-refractivity contribution in [2.24, 2.45) is 0 Å². The average Bonchev–Trinajstić information content (AvgIpc) is 2.46. The predicted octanol–water partition coefficient (Wildman–Crippen LogP) is 4.27. The van der Waals surface area contributed by atoms with Crippen molar-refractivity contribution in [1.29, 1.82) is 0 Å². The molecule has 2 aromatic carbocycles. The number of hydrogen-bond donors (Lipinski definition) is 0. The monoisotopic (exact) mass is 310 g/mol. The Kier molecular flexibility index (Phi) is 5.13. The van der Waals surface area contributed by atoms with Crippen LogP contribution in [-0.2, 0) is 6.61 Å². The van der Waals surface area contributed by atoms with Crippen molar-refractivity contribution in [2.45, 2.75) is 6.61 Å². The van der Waals surface area contributed by atoms with E-state index in [4.69, 9.17) is 16.3 Å². The number of rotatable bonds is 3. The number of hydrogen-bond acceptors (Lipinski definition) is 1. The van der Waals surface area contributed by atoms with E-state index in [9.17, 15) is 13.2 Å². The molecule has 0 amide bonds. The normalized spacial score (nSPS) is 9.90. The third kappa shape index (κ3) is 4.17. The van der Waals surface area contributed by atoms with E-state index in [1.807, 2.05) is 0 Å². The van der Waals surface area contributed by atoms with Crippen LogP contribution in [0, 0.1) is 29.3 Å². The molecule has 0 unspecified atom stereocenters. The molecule has 108 valence electrons. The summed E-state index contributed by atoms with van der Waals surface area (Å²) in [5, 5.41) is 0. The summed E-state index contributed by atoms with van der Waals surface area (Å²) in [7, 11) is 0. The van der Waals surface area contributed by atoms with Crippen LogP contribution in [0.15, 0.2) is 36.4 Å². The summed E-state index contributed by atoms with van der Waals surface area (Å²) in [5.74, 6) is 3.46. The van der Waals surface area contributed by atoms with E-state index in [-0.39, 0.29) is 23.8 Å². The van der Waals surface area contributed by atoms with Gasteiger partial charge in [-0.25, -0.2) is 13.2 Å². The Morgan fingerprint density at radius 1 is 1.00 bits per heavy atom. The summed E-state index contributed by atoms with van der Waals surface area (Å²) in [6.07, 6.45) is 0. The van der Waals surface area contributed by atoms with Gasteiger partial charge in [0.2, 0.25) is 0 Å². The molecule has 0 saturated heterocycles. The molecule has 5 heteroatoms. The maximum absolute atomic E-state index is 13.6. The van der Waals surface area contributed by atoms with Gasteiger partial charge in [-0.3, -0.25) is 0 Å². The van der Waals surface area contributed by atoms with Crippen LogP contribution in [0.3, 0.4) is 0 Å². The average molecular weight is 311 g/mol. The molecule has 2 aromatic rings. The largest absolute Gasteiger partial charge is 0.486 e. The third-order valence-electron chi connectivity index (χ3n) is 2.63. The van der Waals surface area contributed by atoms with E-state index < -0.39 is 17.5 Å². The minimum absolute atomic E-state index is 0.0555. The lowest BCUT2D eigenvalue weighted by Crippen LogP contribution is -2.00. The van der Waals surface area contributed by atoms with Crippen molar-refractivity contribution in [1.82, 2.24) is 0 Å². The van der Waals surface area contributed by atoms with Gasteiger partial charge in [0.1, 0.15) is 18.2 Å². The fourth-order valence-corrected chi connectivity index (χ4v) is 1.69. The van der Waals surface area contributed by atoms with Gasteiger partial charge < -0.3 is 4.74 Å². The van der Waals surface area contributed by atoms with E-state index in [1.54, 1.807) is 0 Å². The number of halogens is 4. The molecule has 0 saturated carbocycles. The first kappa shape index (κ1) is 15.3. The van der Waals surface area contributed by atoms with E-state index in [0.29, 0.717) is 5.56 Å². The third-order valence-corrected chi connectivity index (χ3v) is 2.76. The zero-order chi connectivity index (χ0) is 15.2. The minimum atomic E-state index is -0.742. The van der Waals surface area contributed by atoms with Gasteiger partial charge in [0, 0.05) is 17.2 Å². The molecular weight excluding hydrogens is 301 g/mol. The van der Waals surface area contributed by atoms with E-state index in [0.717, 1.165) is 12.1 Å². The van der Waals surface area contributed by atoms with Crippen LogP contribution in [0.4, 0.5) is 13.2 Å². The number of benzene rings is 2. The molecule has 21 heavy (non-hydrogen) atoms. The van der Waals surface area contributed by atoms with Crippen molar-refractivity contribution >= 4 is 11.6 Å². The minimum Gasteiger partial charge on any atom is -0.486 e.